The van der Waals surface area contributed by atoms with Crippen LogP contribution >= 0.6 is 0 Å². The fraction of sp³-hybridized carbons (Fsp3) is 0.455. The highest BCUT2D eigenvalue weighted by molar-refractivity contribution is 5.36. The number of rotatable bonds is 9. The standard InChI is InChI=1S/C22H27F2NO3/c1-2-15-12-17(23)5-8-20(15)27-11-3-10-25-14-19(26)22-7-4-16-13-18(24)6-9-21(16)28-22/h5-6,8-9,12-13,19,22,25-26H,2-4,7,10-11,14H2,1H3. The Balaban J connectivity index is 1.35. The Hall–Kier alpha value is -2.18. The van der Waals surface area contributed by atoms with E-state index >= 15 is 0 Å². The van der Waals surface area contributed by atoms with Crippen LogP contribution in [0.2, 0.25) is 0 Å². The number of ether oxygens (including phenoxy) is 2. The van der Waals surface area contributed by atoms with Crippen molar-refractivity contribution in [3.05, 3.63) is 59.2 Å². The third-order valence-electron chi connectivity index (χ3n) is 4.94. The molecular weight excluding hydrogens is 364 g/mol. The summed E-state index contributed by atoms with van der Waals surface area (Å²) >= 11 is 0. The van der Waals surface area contributed by atoms with Crippen molar-refractivity contribution in [2.75, 3.05) is 19.7 Å². The number of aliphatic hydroxyl groups is 1. The summed E-state index contributed by atoms with van der Waals surface area (Å²) in [5, 5.41) is 13.6. The Kier molecular flexibility index (Phi) is 7.23. The van der Waals surface area contributed by atoms with Crippen molar-refractivity contribution in [2.24, 2.45) is 0 Å². The zero-order valence-corrected chi connectivity index (χ0v) is 16.1. The first-order valence-corrected chi connectivity index (χ1v) is 9.82. The summed E-state index contributed by atoms with van der Waals surface area (Å²) < 4.78 is 38.0. The molecule has 28 heavy (non-hydrogen) atoms. The first-order valence-electron chi connectivity index (χ1n) is 9.82. The van der Waals surface area contributed by atoms with Crippen molar-refractivity contribution in [2.45, 2.75) is 44.8 Å². The predicted molar refractivity (Wildman–Crippen MR) is 104 cm³/mol. The summed E-state index contributed by atoms with van der Waals surface area (Å²) in [5.74, 6) is 0.847. The molecule has 0 amide bonds. The van der Waals surface area contributed by atoms with Gasteiger partial charge in [0.2, 0.25) is 0 Å². The molecule has 2 atom stereocenters. The number of aliphatic hydroxyl groups excluding tert-OH is 1. The molecule has 0 aliphatic carbocycles. The largest absolute Gasteiger partial charge is 0.493 e. The molecule has 2 aromatic carbocycles. The van der Waals surface area contributed by atoms with Gasteiger partial charge in [-0.15, -0.1) is 0 Å². The number of hydrogen-bond donors (Lipinski definition) is 2. The Morgan fingerprint density at radius 2 is 2.00 bits per heavy atom. The topological polar surface area (TPSA) is 50.7 Å². The van der Waals surface area contributed by atoms with Crippen LogP contribution in [-0.4, -0.2) is 37.0 Å². The van der Waals surface area contributed by atoms with Gasteiger partial charge in [-0.2, -0.15) is 0 Å². The maximum atomic E-state index is 13.2. The molecule has 1 aliphatic heterocycles. The lowest BCUT2D eigenvalue weighted by Crippen LogP contribution is -2.41. The highest BCUT2D eigenvalue weighted by Gasteiger charge is 2.26. The first kappa shape index (κ1) is 20.6. The zero-order chi connectivity index (χ0) is 19.9. The van der Waals surface area contributed by atoms with E-state index in [0.29, 0.717) is 44.7 Å². The van der Waals surface area contributed by atoms with E-state index < -0.39 is 6.10 Å². The summed E-state index contributed by atoms with van der Waals surface area (Å²) in [7, 11) is 0. The van der Waals surface area contributed by atoms with E-state index in [9.17, 15) is 13.9 Å². The number of hydrogen-bond acceptors (Lipinski definition) is 4. The molecule has 6 heteroatoms. The van der Waals surface area contributed by atoms with Crippen LogP contribution < -0.4 is 14.8 Å². The average Bonchev–Trinajstić information content (AvgIpc) is 2.70. The summed E-state index contributed by atoms with van der Waals surface area (Å²) in [4.78, 5) is 0. The molecule has 0 fully saturated rings. The fourth-order valence-electron chi connectivity index (χ4n) is 3.37. The molecule has 0 aromatic heterocycles. The van der Waals surface area contributed by atoms with Crippen molar-refractivity contribution in [1.29, 1.82) is 0 Å². The second-order valence-electron chi connectivity index (χ2n) is 7.03. The van der Waals surface area contributed by atoms with E-state index in [1.165, 1.54) is 24.3 Å². The summed E-state index contributed by atoms with van der Waals surface area (Å²) in [5.41, 5.74) is 1.71. The Bertz CT molecular complexity index is 784. The van der Waals surface area contributed by atoms with Crippen LogP contribution in [0.25, 0.3) is 0 Å². The van der Waals surface area contributed by atoms with Gasteiger partial charge in [0.15, 0.2) is 0 Å². The van der Waals surface area contributed by atoms with Crippen LogP contribution in [0.15, 0.2) is 36.4 Å². The average molecular weight is 391 g/mol. The maximum Gasteiger partial charge on any atom is 0.126 e. The van der Waals surface area contributed by atoms with E-state index in [0.717, 1.165) is 23.3 Å². The Morgan fingerprint density at radius 1 is 1.21 bits per heavy atom. The summed E-state index contributed by atoms with van der Waals surface area (Å²) in [6.45, 7) is 3.58. The van der Waals surface area contributed by atoms with Crippen LogP contribution in [0.1, 0.15) is 30.9 Å². The molecule has 0 saturated carbocycles. The highest BCUT2D eigenvalue weighted by Crippen LogP contribution is 2.29. The molecule has 0 spiro atoms. The van der Waals surface area contributed by atoms with Gasteiger partial charge in [-0.1, -0.05) is 6.92 Å². The van der Waals surface area contributed by atoms with Crippen molar-refractivity contribution in [3.63, 3.8) is 0 Å². The molecule has 2 N–H and O–H groups in total. The lowest BCUT2D eigenvalue weighted by Gasteiger charge is -2.29. The van der Waals surface area contributed by atoms with Gasteiger partial charge in [-0.25, -0.2) is 8.78 Å². The van der Waals surface area contributed by atoms with Crippen molar-refractivity contribution in [3.8, 4) is 11.5 Å². The Labute approximate surface area is 164 Å². The summed E-state index contributed by atoms with van der Waals surface area (Å²) in [6, 6.07) is 9.04. The summed E-state index contributed by atoms with van der Waals surface area (Å²) in [6.07, 6.45) is 1.90. The van der Waals surface area contributed by atoms with Gasteiger partial charge in [0, 0.05) is 6.54 Å². The quantitative estimate of drug-likeness (QED) is 0.641. The second-order valence-corrected chi connectivity index (χ2v) is 7.03. The van der Waals surface area contributed by atoms with Crippen LogP contribution in [0.4, 0.5) is 8.78 Å². The molecule has 0 radical (unpaired) electrons. The molecule has 4 nitrogen and oxygen atoms in total. The van der Waals surface area contributed by atoms with Gasteiger partial charge in [0.25, 0.3) is 0 Å². The lowest BCUT2D eigenvalue weighted by atomic mass is 9.99. The molecule has 152 valence electrons. The van der Waals surface area contributed by atoms with Gasteiger partial charge < -0.3 is 19.9 Å². The molecule has 0 saturated heterocycles. The van der Waals surface area contributed by atoms with Crippen molar-refractivity contribution in [1.82, 2.24) is 5.32 Å². The van der Waals surface area contributed by atoms with Crippen LogP contribution in [-0.2, 0) is 12.8 Å². The van der Waals surface area contributed by atoms with Crippen molar-refractivity contribution < 1.29 is 23.4 Å². The molecule has 2 unspecified atom stereocenters. The van der Waals surface area contributed by atoms with Crippen LogP contribution in [0.3, 0.4) is 0 Å². The van der Waals surface area contributed by atoms with E-state index in [2.05, 4.69) is 5.32 Å². The van der Waals surface area contributed by atoms with Gasteiger partial charge in [0.05, 0.1) is 6.61 Å². The van der Waals surface area contributed by atoms with E-state index in [-0.39, 0.29) is 17.7 Å². The molecule has 0 bridgehead atoms. The molecular formula is C22H27F2NO3. The first-order chi connectivity index (χ1) is 13.6. The molecule has 1 heterocycles. The fourth-order valence-corrected chi connectivity index (χ4v) is 3.37. The zero-order valence-electron chi connectivity index (χ0n) is 16.1. The minimum Gasteiger partial charge on any atom is -0.493 e. The Morgan fingerprint density at radius 3 is 2.82 bits per heavy atom. The van der Waals surface area contributed by atoms with Gasteiger partial charge in [-0.05, 0) is 79.8 Å². The minimum atomic E-state index is -0.636. The number of benzene rings is 2. The lowest BCUT2D eigenvalue weighted by molar-refractivity contribution is 0.0244. The van der Waals surface area contributed by atoms with Gasteiger partial charge in [-0.3, -0.25) is 0 Å². The van der Waals surface area contributed by atoms with Crippen LogP contribution in [0.5, 0.6) is 11.5 Å². The third kappa shape index (κ3) is 5.42. The number of fused-ring (bicyclic) bond motifs is 1. The highest BCUT2D eigenvalue weighted by atomic mass is 19.1. The minimum absolute atomic E-state index is 0.252. The van der Waals surface area contributed by atoms with E-state index in [1.54, 1.807) is 12.1 Å². The van der Waals surface area contributed by atoms with Gasteiger partial charge >= 0.3 is 0 Å². The van der Waals surface area contributed by atoms with Crippen LogP contribution in [0, 0.1) is 11.6 Å². The maximum absolute atomic E-state index is 13.2. The van der Waals surface area contributed by atoms with Gasteiger partial charge in [0.1, 0.15) is 35.3 Å². The van der Waals surface area contributed by atoms with E-state index in [4.69, 9.17) is 9.47 Å². The number of aryl methyl sites for hydroxylation is 2. The molecule has 2 aromatic rings. The van der Waals surface area contributed by atoms with Crippen molar-refractivity contribution >= 4 is 0 Å². The third-order valence-corrected chi connectivity index (χ3v) is 4.94. The monoisotopic (exact) mass is 391 g/mol. The molecule has 1 aliphatic rings. The predicted octanol–water partition coefficient (Wildman–Crippen LogP) is 3.64. The molecule has 3 rings (SSSR count). The SMILES string of the molecule is CCc1cc(F)ccc1OCCCNCC(O)C1CCc2cc(F)ccc2O1. The number of nitrogens with one attached hydrogen (secondary N) is 1. The van der Waals surface area contributed by atoms with E-state index in [1.807, 2.05) is 6.92 Å². The normalized spacial score (nSPS) is 16.9. The number of halogens is 2. The second kappa shape index (κ2) is 9.85. The smallest absolute Gasteiger partial charge is 0.126 e.